The van der Waals surface area contributed by atoms with E-state index in [4.69, 9.17) is 4.42 Å². The van der Waals surface area contributed by atoms with Crippen LogP contribution in [-0.4, -0.2) is 21.4 Å². The first-order valence-electron chi connectivity index (χ1n) is 9.02. The molecule has 146 valence electrons. The Morgan fingerprint density at radius 1 is 1.11 bits per heavy atom. The number of amides is 1. The van der Waals surface area contributed by atoms with E-state index in [-0.39, 0.29) is 28.5 Å². The highest BCUT2D eigenvalue weighted by Crippen LogP contribution is 2.30. The molecule has 7 heteroatoms. The van der Waals surface area contributed by atoms with Crippen LogP contribution >= 0.6 is 11.8 Å². The molecule has 1 aromatic heterocycles. The Morgan fingerprint density at radius 3 is 2.57 bits per heavy atom. The lowest BCUT2D eigenvalue weighted by Gasteiger charge is -2.18. The lowest BCUT2D eigenvalue weighted by Crippen LogP contribution is -2.23. The van der Waals surface area contributed by atoms with Crippen LogP contribution < -0.4 is 5.32 Å². The summed E-state index contributed by atoms with van der Waals surface area (Å²) in [4.78, 5) is 12.7. The number of nitrogens with one attached hydrogen (secondary N) is 1. The number of thioether (sulfide) groups is 1. The molecule has 1 heterocycles. The fourth-order valence-electron chi connectivity index (χ4n) is 2.77. The molecule has 0 fully saturated rings. The molecule has 0 aliphatic rings. The number of carbonyl (C=O) groups is 1. The number of benzene rings is 2. The van der Waals surface area contributed by atoms with E-state index in [0.717, 1.165) is 28.6 Å². The molecule has 3 aromatic rings. The topological polar surface area (TPSA) is 68.0 Å². The molecule has 28 heavy (non-hydrogen) atoms. The fourth-order valence-corrected chi connectivity index (χ4v) is 3.46. The van der Waals surface area contributed by atoms with Crippen LogP contribution in [-0.2, 0) is 4.79 Å². The van der Waals surface area contributed by atoms with Gasteiger partial charge in [-0.1, -0.05) is 55.9 Å². The molecule has 0 saturated carbocycles. The second-order valence-corrected chi connectivity index (χ2v) is 8.09. The zero-order valence-electron chi connectivity index (χ0n) is 16.2. The van der Waals surface area contributed by atoms with Crippen LogP contribution in [0.15, 0.2) is 52.1 Å². The number of rotatable bonds is 6. The van der Waals surface area contributed by atoms with Crippen molar-refractivity contribution in [2.75, 3.05) is 5.32 Å². The number of nitrogens with zero attached hydrogens (tertiary/aromatic N) is 2. The molecule has 0 spiro atoms. The number of hydrogen-bond donors (Lipinski definition) is 1. The molecule has 0 aliphatic heterocycles. The van der Waals surface area contributed by atoms with E-state index < -0.39 is 11.1 Å². The standard InChI is InChI=1S/C21H22FN3O2S/c1-12(2)15-10-7-8-13(3)18(15)23-19(26)14(4)28-21-25-24-20(27-21)16-9-5-6-11-17(16)22/h5-12,14H,1-4H3,(H,23,26)/t14-/m0/s1. The number of aryl methyl sites for hydroxylation is 1. The van der Waals surface area contributed by atoms with Crippen LogP contribution in [0, 0.1) is 12.7 Å². The molecule has 0 saturated heterocycles. The summed E-state index contributed by atoms with van der Waals surface area (Å²) in [5, 5.41) is 10.6. The van der Waals surface area contributed by atoms with Gasteiger partial charge in [-0.2, -0.15) is 0 Å². The van der Waals surface area contributed by atoms with Crippen molar-refractivity contribution in [2.24, 2.45) is 0 Å². The largest absolute Gasteiger partial charge is 0.411 e. The predicted molar refractivity (Wildman–Crippen MR) is 109 cm³/mol. The van der Waals surface area contributed by atoms with Gasteiger partial charge in [0.05, 0.1) is 10.8 Å². The van der Waals surface area contributed by atoms with Crippen molar-refractivity contribution < 1.29 is 13.6 Å². The van der Waals surface area contributed by atoms with E-state index in [1.165, 1.54) is 6.07 Å². The average molecular weight is 399 g/mol. The SMILES string of the molecule is Cc1cccc(C(C)C)c1NC(=O)[C@H](C)Sc1nnc(-c2ccccc2F)o1. The maximum Gasteiger partial charge on any atom is 0.277 e. The lowest BCUT2D eigenvalue weighted by molar-refractivity contribution is -0.115. The summed E-state index contributed by atoms with van der Waals surface area (Å²) >= 11 is 1.14. The van der Waals surface area contributed by atoms with Crippen molar-refractivity contribution >= 4 is 23.4 Å². The highest BCUT2D eigenvalue weighted by molar-refractivity contribution is 8.00. The summed E-state index contributed by atoms with van der Waals surface area (Å²) in [6.07, 6.45) is 0. The van der Waals surface area contributed by atoms with Crippen LogP contribution in [0.25, 0.3) is 11.5 Å². The van der Waals surface area contributed by atoms with Crippen LogP contribution in [0.2, 0.25) is 0 Å². The number of anilines is 1. The zero-order valence-corrected chi connectivity index (χ0v) is 17.0. The van der Waals surface area contributed by atoms with E-state index in [2.05, 4.69) is 29.4 Å². The predicted octanol–water partition coefficient (Wildman–Crippen LogP) is 5.43. The molecule has 1 atom stereocenters. The van der Waals surface area contributed by atoms with Crippen LogP contribution in [0.4, 0.5) is 10.1 Å². The third kappa shape index (κ3) is 4.42. The highest BCUT2D eigenvalue weighted by Gasteiger charge is 2.21. The van der Waals surface area contributed by atoms with Crippen molar-refractivity contribution in [1.82, 2.24) is 10.2 Å². The summed E-state index contributed by atoms with van der Waals surface area (Å²) in [6, 6.07) is 12.2. The monoisotopic (exact) mass is 399 g/mol. The molecule has 0 aliphatic carbocycles. The summed E-state index contributed by atoms with van der Waals surface area (Å²) in [5.74, 6) is -0.215. The lowest BCUT2D eigenvalue weighted by atomic mass is 9.98. The number of hydrogen-bond acceptors (Lipinski definition) is 5. The van der Waals surface area contributed by atoms with Gasteiger partial charge in [-0.25, -0.2) is 4.39 Å². The number of halogens is 1. The van der Waals surface area contributed by atoms with Crippen molar-refractivity contribution in [3.05, 3.63) is 59.4 Å². The first-order chi connectivity index (χ1) is 13.4. The summed E-state index contributed by atoms with van der Waals surface area (Å²) in [5.41, 5.74) is 3.18. The second kappa shape index (κ2) is 8.56. The van der Waals surface area contributed by atoms with E-state index in [1.54, 1.807) is 25.1 Å². The van der Waals surface area contributed by atoms with E-state index in [0.29, 0.717) is 0 Å². The summed E-state index contributed by atoms with van der Waals surface area (Å²) < 4.78 is 19.4. The summed E-state index contributed by atoms with van der Waals surface area (Å²) in [7, 11) is 0. The molecule has 1 N–H and O–H groups in total. The van der Waals surface area contributed by atoms with Crippen LogP contribution in [0.3, 0.4) is 0 Å². The van der Waals surface area contributed by atoms with E-state index in [1.807, 2.05) is 25.1 Å². The van der Waals surface area contributed by atoms with Crippen LogP contribution in [0.5, 0.6) is 0 Å². The van der Waals surface area contributed by atoms with Crippen LogP contribution in [0.1, 0.15) is 37.8 Å². The maximum atomic E-state index is 13.9. The first-order valence-corrected chi connectivity index (χ1v) is 9.90. The van der Waals surface area contributed by atoms with Crippen molar-refractivity contribution in [2.45, 2.75) is 44.1 Å². The molecule has 0 bridgehead atoms. The first kappa shape index (κ1) is 20.1. The number of carbonyl (C=O) groups excluding carboxylic acids is 1. The zero-order chi connectivity index (χ0) is 20.3. The molecular formula is C21H22FN3O2S. The van der Waals surface area contributed by atoms with Gasteiger partial charge in [0.1, 0.15) is 5.82 Å². The van der Waals surface area contributed by atoms with Gasteiger partial charge in [0.2, 0.25) is 5.91 Å². The average Bonchev–Trinajstić information content (AvgIpc) is 3.11. The van der Waals surface area contributed by atoms with Gasteiger partial charge >= 0.3 is 0 Å². The van der Waals surface area contributed by atoms with Crippen molar-refractivity contribution in [3.63, 3.8) is 0 Å². The van der Waals surface area contributed by atoms with Crippen molar-refractivity contribution in [1.29, 1.82) is 0 Å². The van der Waals surface area contributed by atoms with Gasteiger partial charge in [-0.3, -0.25) is 4.79 Å². The molecular weight excluding hydrogens is 377 g/mol. The van der Waals surface area contributed by atoms with E-state index in [9.17, 15) is 9.18 Å². The number of para-hydroxylation sites is 1. The maximum absolute atomic E-state index is 13.9. The molecule has 3 rings (SSSR count). The third-order valence-corrected chi connectivity index (χ3v) is 5.27. The quantitative estimate of drug-likeness (QED) is 0.560. The Balaban J connectivity index is 1.72. The normalized spacial score (nSPS) is 12.2. The Kier molecular flexibility index (Phi) is 6.14. The minimum atomic E-state index is -0.464. The van der Waals surface area contributed by atoms with Gasteiger partial charge in [0.25, 0.3) is 11.1 Å². The molecule has 2 aromatic carbocycles. The Morgan fingerprint density at radius 2 is 1.86 bits per heavy atom. The second-order valence-electron chi connectivity index (χ2n) is 6.80. The smallest absolute Gasteiger partial charge is 0.277 e. The highest BCUT2D eigenvalue weighted by atomic mass is 32.2. The molecule has 0 unspecified atom stereocenters. The molecule has 5 nitrogen and oxygen atoms in total. The minimum Gasteiger partial charge on any atom is -0.411 e. The van der Waals surface area contributed by atoms with Crippen molar-refractivity contribution in [3.8, 4) is 11.5 Å². The van der Waals surface area contributed by atoms with Gasteiger partial charge in [0.15, 0.2) is 0 Å². The van der Waals surface area contributed by atoms with Gasteiger partial charge < -0.3 is 9.73 Å². The minimum absolute atomic E-state index is 0.0919. The Bertz CT molecular complexity index is 987. The molecule has 1 amide bonds. The van der Waals surface area contributed by atoms with Gasteiger partial charge in [-0.05, 0) is 43.0 Å². The Hall–Kier alpha value is -2.67. The Labute approximate surface area is 167 Å². The van der Waals surface area contributed by atoms with E-state index >= 15 is 0 Å². The number of aromatic nitrogens is 2. The fraction of sp³-hybridized carbons (Fsp3) is 0.286. The summed E-state index contributed by atoms with van der Waals surface area (Å²) in [6.45, 7) is 7.91. The van der Waals surface area contributed by atoms with Gasteiger partial charge in [0, 0.05) is 5.69 Å². The molecule has 0 radical (unpaired) electrons. The third-order valence-electron chi connectivity index (χ3n) is 4.33. The van der Waals surface area contributed by atoms with Gasteiger partial charge in [-0.15, -0.1) is 10.2 Å².